The lowest BCUT2D eigenvalue weighted by Crippen LogP contribution is -2.20. The molecule has 9 rings (SSSR count). The van der Waals surface area contributed by atoms with Gasteiger partial charge in [-0.15, -0.1) is 0 Å². The van der Waals surface area contributed by atoms with Gasteiger partial charge in [-0.25, -0.2) is 4.58 Å². The molecule has 0 fully saturated rings. The second-order valence-electron chi connectivity index (χ2n) is 14.4. The molecule has 7 aromatic rings. The number of benzene rings is 5. The summed E-state index contributed by atoms with van der Waals surface area (Å²) >= 11 is 0. The monoisotopic (exact) mass is 712 g/mol. The van der Waals surface area contributed by atoms with Gasteiger partial charge >= 0.3 is 0 Å². The van der Waals surface area contributed by atoms with Crippen LogP contribution in [-0.4, -0.2) is 36.8 Å². The summed E-state index contributed by atoms with van der Waals surface area (Å²) in [4.78, 5) is 0. The average molecular weight is 713 g/mol. The number of hydrogen-bond donors (Lipinski definition) is 0. The Morgan fingerprint density at radius 2 is 1.06 bits per heavy atom. The molecule has 0 amide bonds. The first-order chi connectivity index (χ1) is 26.4. The van der Waals surface area contributed by atoms with E-state index in [0.29, 0.717) is 0 Å². The van der Waals surface area contributed by atoms with Crippen LogP contribution in [0, 0.1) is 13.8 Å². The smallest absolute Gasteiger partial charge is 0.209 e. The zero-order chi connectivity index (χ0) is 37.9. The zero-order valence-electron chi connectivity index (χ0n) is 33.6. The van der Waals surface area contributed by atoms with Gasteiger partial charge in [0.2, 0.25) is 11.4 Å². The van der Waals surface area contributed by atoms with Crippen LogP contribution in [0.4, 0.5) is 11.4 Å². The first-order valence-corrected chi connectivity index (χ1v) is 20.0. The van der Waals surface area contributed by atoms with Crippen molar-refractivity contribution in [3.05, 3.63) is 166 Å². The van der Waals surface area contributed by atoms with Crippen molar-refractivity contribution in [3.8, 4) is 0 Å². The van der Waals surface area contributed by atoms with Crippen molar-refractivity contribution >= 4 is 44.6 Å². The number of nitrogens with zero attached hydrogens (tertiary/aromatic N) is 4. The molecule has 4 heterocycles. The Morgan fingerprint density at radius 1 is 0.537 bits per heavy atom. The molecule has 0 saturated carbocycles. The standard InChI is InChI=1S/C46H44N4.2C2H6/c1-31-41(39-15-7-11-19-45(39)47(31)3)28-42-32(2)49(46-20-12-8-16-40(42)46)29-33-21-23-34(24-22-33)30-50-38(26-36-14-6-10-18-44(36)50)27-37-25-35-13-5-9-17-43(35)48(37)4;2*1-2/h5-24H,25-30H2,1-4H3;2*1-2H3/q+2;;. The predicted molar refractivity (Wildman–Crippen MR) is 230 cm³/mol. The quantitative estimate of drug-likeness (QED) is 0.139. The minimum atomic E-state index is 0.857. The fourth-order valence-electron chi connectivity index (χ4n) is 8.72. The third-order valence-electron chi connectivity index (χ3n) is 11.6. The third kappa shape index (κ3) is 6.64. The Bertz CT molecular complexity index is 2520. The molecule has 0 aliphatic carbocycles. The summed E-state index contributed by atoms with van der Waals surface area (Å²) in [7, 11) is 4.42. The van der Waals surface area contributed by atoms with Crippen molar-refractivity contribution in [1.82, 2.24) is 9.13 Å². The van der Waals surface area contributed by atoms with Gasteiger partial charge in [0.15, 0.2) is 18.0 Å². The summed E-state index contributed by atoms with van der Waals surface area (Å²) in [6, 6.07) is 45.0. The zero-order valence-corrected chi connectivity index (χ0v) is 33.6. The van der Waals surface area contributed by atoms with Crippen LogP contribution in [-0.2, 0) is 39.4 Å². The molecule has 0 spiro atoms. The molecule has 2 aliphatic rings. The normalized spacial score (nSPS) is 13.2. The number of aryl methyl sites for hydroxylation is 1. The van der Waals surface area contributed by atoms with E-state index < -0.39 is 0 Å². The second kappa shape index (κ2) is 15.9. The van der Waals surface area contributed by atoms with Gasteiger partial charge in [0, 0.05) is 82.0 Å². The van der Waals surface area contributed by atoms with E-state index in [1.54, 1.807) is 0 Å². The number of para-hydroxylation sites is 4. The van der Waals surface area contributed by atoms with Crippen LogP contribution in [0.1, 0.15) is 78.9 Å². The van der Waals surface area contributed by atoms with Crippen LogP contribution in [0.2, 0.25) is 0 Å². The summed E-state index contributed by atoms with van der Waals surface area (Å²) in [6.45, 7) is 14.3. The maximum absolute atomic E-state index is 2.58. The van der Waals surface area contributed by atoms with E-state index >= 15 is 0 Å². The maximum atomic E-state index is 2.58. The highest BCUT2D eigenvalue weighted by atomic mass is 15.1. The van der Waals surface area contributed by atoms with Gasteiger partial charge in [0.05, 0.1) is 12.8 Å². The number of rotatable bonds is 8. The van der Waals surface area contributed by atoms with Crippen LogP contribution >= 0.6 is 0 Å². The van der Waals surface area contributed by atoms with Crippen molar-refractivity contribution in [2.75, 3.05) is 7.05 Å². The van der Waals surface area contributed by atoms with E-state index in [1.165, 1.54) is 89.4 Å². The molecule has 274 valence electrons. The Kier molecular flexibility index (Phi) is 10.8. The number of fused-ring (bicyclic) bond motifs is 4. The Morgan fingerprint density at radius 3 is 1.74 bits per heavy atom. The summed E-state index contributed by atoms with van der Waals surface area (Å²) in [6.07, 6.45) is 3.98. The molecule has 54 heavy (non-hydrogen) atoms. The lowest BCUT2D eigenvalue weighted by atomic mass is 9.99. The summed E-state index contributed by atoms with van der Waals surface area (Å²) in [5, 5.41) is 2.72. The van der Waals surface area contributed by atoms with Crippen molar-refractivity contribution in [2.24, 2.45) is 7.05 Å². The molecular formula is C50H56N4+2. The lowest BCUT2D eigenvalue weighted by molar-refractivity contribution is -0.456. The SMILES string of the molecule is CC.CC.Cc1c(Cc2c(C)n(Cc3ccc(C[N+]4=C(CC5=[N+](C)c6ccccc6C5)Cc5ccccc54)cc3)c3ccccc23)c2ccccc2n1C. The Balaban J connectivity index is 0.00000109. The molecule has 0 radical (unpaired) electrons. The summed E-state index contributed by atoms with van der Waals surface area (Å²) in [5.74, 6) is 0. The van der Waals surface area contributed by atoms with Gasteiger partial charge in [0.25, 0.3) is 0 Å². The van der Waals surface area contributed by atoms with E-state index in [9.17, 15) is 0 Å². The van der Waals surface area contributed by atoms with Crippen LogP contribution in [0.5, 0.6) is 0 Å². The number of hydrogen-bond acceptors (Lipinski definition) is 0. The molecule has 0 N–H and O–H groups in total. The minimum Gasteiger partial charge on any atom is -0.348 e. The van der Waals surface area contributed by atoms with Crippen LogP contribution in [0.15, 0.2) is 121 Å². The van der Waals surface area contributed by atoms with Gasteiger partial charge in [-0.2, -0.15) is 4.58 Å². The fourth-order valence-corrected chi connectivity index (χ4v) is 8.72. The number of aromatic nitrogens is 2. The third-order valence-corrected chi connectivity index (χ3v) is 11.6. The molecule has 0 atom stereocenters. The van der Waals surface area contributed by atoms with Crippen molar-refractivity contribution in [1.29, 1.82) is 0 Å². The van der Waals surface area contributed by atoms with Crippen LogP contribution in [0.3, 0.4) is 0 Å². The second-order valence-corrected chi connectivity index (χ2v) is 14.4. The lowest BCUT2D eigenvalue weighted by Gasteiger charge is -2.11. The van der Waals surface area contributed by atoms with Crippen molar-refractivity contribution in [2.45, 2.75) is 80.3 Å². The molecule has 0 bridgehead atoms. The minimum absolute atomic E-state index is 0.857. The van der Waals surface area contributed by atoms with Gasteiger partial charge < -0.3 is 9.13 Å². The maximum Gasteiger partial charge on any atom is 0.209 e. The molecule has 0 unspecified atom stereocenters. The molecule has 0 saturated heterocycles. The van der Waals surface area contributed by atoms with Gasteiger partial charge in [-0.05, 0) is 42.7 Å². The van der Waals surface area contributed by atoms with Gasteiger partial charge in [0.1, 0.15) is 13.5 Å². The first kappa shape index (κ1) is 36.9. The molecule has 4 heteroatoms. The molecular weight excluding hydrogens is 657 g/mol. The van der Waals surface area contributed by atoms with E-state index in [1.807, 2.05) is 27.7 Å². The van der Waals surface area contributed by atoms with E-state index in [2.05, 4.69) is 168 Å². The van der Waals surface area contributed by atoms with Gasteiger partial charge in [-0.1, -0.05) is 125 Å². The van der Waals surface area contributed by atoms with Crippen LogP contribution in [0.25, 0.3) is 21.8 Å². The summed E-state index contributed by atoms with van der Waals surface area (Å²) < 4.78 is 9.86. The molecule has 2 aromatic heterocycles. The highest BCUT2D eigenvalue weighted by molar-refractivity contribution is 6.05. The van der Waals surface area contributed by atoms with E-state index in [-0.39, 0.29) is 0 Å². The molecule has 2 aliphatic heterocycles. The van der Waals surface area contributed by atoms with Crippen molar-refractivity contribution in [3.63, 3.8) is 0 Å². The van der Waals surface area contributed by atoms with E-state index in [4.69, 9.17) is 0 Å². The summed E-state index contributed by atoms with van der Waals surface area (Å²) in [5.41, 5.74) is 19.4. The van der Waals surface area contributed by atoms with Crippen molar-refractivity contribution < 1.29 is 9.15 Å². The highest BCUT2D eigenvalue weighted by Crippen LogP contribution is 2.34. The molecule has 4 nitrogen and oxygen atoms in total. The first-order valence-electron chi connectivity index (χ1n) is 20.0. The average Bonchev–Trinajstić information content (AvgIpc) is 3.89. The van der Waals surface area contributed by atoms with Crippen LogP contribution < -0.4 is 0 Å². The largest absolute Gasteiger partial charge is 0.348 e. The fraction of sp³-hybridized carbons (Fsp3) is 0.280. The Hall–Kier alpha value is -5.48. The Labute approximate surface area is 322 Å². The highest BCUT2D eigenvalue weighted by Gasteiger charge is 2.35. The topological polar surface area (TPSA) is 15.9 Å². The predicted octanol–water partition coefficient (Wildman–Crippen LogP) is 11.6. The van der Waals surface area contributed by atoms with E-state index in [0.717, 1.165) is 38.8 Å². The van der Waals surface area contributed by atoms with Gasteiger partial charge in [-0.3, -0.25) is 0 Å². The molecule has 5 aromatic carbocycles.